The zero-order chi connectivity index (χ0) is 22.8. The molecule has 1 aromatic heterocycles. The molecule has 0 saturated heterocycles. The molecule has 1 aliphatic heterocycles. The van der Waals surface area contributed by atoms with Crippen LogP contribution in [0.2, 0.25) is 0 Å². The molecule has 2 heterocycles. The lowest BCUT2D eigenvalue weighted by Crippen LogP contribution is -2.31. The van der Waals surface area contributed by atoms with Gasteiger partial charge in [0.1, 0.15) is 5.82 Å². The van der Waals surface area contributed by atoms with E-state index in [1.165, 1.54) is 6.07 Å². The molecular formula is C23H20FN3O5. The van der Waals surface area contributed by atoms with Gasteiger partial charge < -0.3 is 9.26 Å². The second-order valence-corrected chi connectivity index (χ2v) is 7.55. The lowest BCUT2D eigenvalue weighted by molar-refractivity contribution is -0.145. The van der Waals surface area contributed by atoms with Crippen LogP contribution in [0.4, 0.5) is 4.39 Å². The number of hydrogen-bond acceptors (Lipinski definition) is 7. The van der Waals surface area contributed by atoms with Gasteiger partial charge in [-0.1, -0.05) is 28.9 Å². The third-order valence-electron chi connectivity index (χ3n) is 5.14. The van der Waals surface area contributed by atoms with Crippen LogP contribution in [0.15, 0.2) is 40.9 Å². The fraction of sp³-hybridized carbons (Fsp3) is 0.261. The van der Waals surface area contributed by atoms with Crippen LogP contribution in [0.1, 0.15) is 50.6 Å². The second-order valence-electron chi connectivity index (χ2n) is 7.55. The monoisotopic (exact) mass is 437 g/mol. The van der Waals surface area contributed by atoms with Gasteiger partial charge in [0.15, 0.2) is 6.61 Å². The number of aryl methyl sites for hydroxylation is 2. The highest BCUT2D eigenvalue weighted by molar-refractivity contribution is 6.21. The highest BCUT2D eigenvalue weighted by atomic mass is 19.1. The van der Waals surface area contributed by atoms with Crippen LogP contribution in [0.5, 0.6) is 0 Å². The molecular weight excluding hydrogens is 417 g/mol. The van der Waals surface area contributed by atoms with E-state index in [-0.39, 0.29) is 55.3 Å². The first-order chi connectivity index (χ1) is 15.3. The molecule has 9 heteroatoms. The van der Waals surface area contributed by atoms with Crippen molar-refractivity contribution in [2.24, 2.45) is 0 Å². The Kier molecular flexibility index (Phi) is 5.81. The molecule has 1 aliphatic rings. The van der Waals surface area contributed by atoms with Crippen molar-refractivity contribution in [3.8, 4) is 11.4 Å². The fourth-order valence-corrected chi connectivity index (χ4v) is 3.37. The molecule has 2 amide bonds. The molecule has 0 saturated carbocycles. The summed E-state index contributed by atoms with van der Waals surface area (Å²) in [6.07, 6.45) is 0.275. The number of hydrogen-bond donors (Lipinski definition) is 0. The minimum atomic E-state index is -0.529. The van der Waals surface area contributed by atoms with Crippen LogP contribution in [0.3, 0.4) is 0 Å². The van der Waals surface area contributed by atoms with Crippen molar-refractivity contribution in [2.45, 2.75) is 33.3 Å². The summed E-state index contributed by atoms with van der Waals surface area (Å²) in [6, 6.07) is 9.69. The summed E-state index contributed by atoms with van der Waals surface area (Å²) in [5.74, 6) is -1.36. The first-order valence-electron chi connectivity index (χ1n) is 10.0. The van der Waals surface area contributed by atoms with Crippen molar-refractivity contribution < 1.29 is 28.0 Å². The molecule has 0 bridgehead atoms. The van der Waals surface area contributed by atoms with E-state index < -0.39 is 5.97 Å². The molecule has 0 fully saturated rings. The van der Waals surface area contributed by atoms with Gasteiger partial charge in [-0.2, -0.15) is 4.98 Å². The van der Waals surface area contributed by atoms with Gasteiger partial charge in [-0.3, -0.25) is 19.3 Å². The molecule has 0 aliphatic carbocycles. The molecule has 32 heavy (non-hydrogen) atoms. The summed E-state index contributed by atoms with van der Waals surface area (Å²) in [5.41, 5.74) is 2.61. The lowest BCUT2D eigenvalue weighted by atomic mass is 10.1. The van der Waals surface area contributed by atoms with Crippen LogP contribution in [-0.2, 0) is 16.1 Å². The standard InChI is InChI=1S/C23H20FN3O5/c1-13-5-8-16-17(10-13)23(30)27(22(16)29)9-3-4-20(28)31-12-19-25-21(26-32-19)15-7-6-14(2)18(24)11-15/h5-8,10-11H,3-4,9,12H2,1-2H3. The van der Waals surface area contributed by atoms with Crippen LogP contribution >= 0.6 is 0 Å². The normalized spacial score (nSPS) is 12.9. The van der Waals surface area contributed by atoms with E-state index in [0.717, 1.165) is 10.5 Å². The number of rotatable bonds is 7. The van der Waals surface area contributed by atoms with E-state index in [9.17, 15) is 18.8 Å². The third kappa shape index (κ3) is 4.27. The Balaban J connectivity index is 1.26. The average Bonchev–Trinajstić information content (AvgIpc) is 3.33. The van der Waals surface area contributed by atoms with E-state index in [4.69, 9.17) is 9.26 Å². The van der Waals surface area contributed by atoms with Gasteiger partial charge in [-0.15, -0.1) is 0 Å². The maximum Gasteiger partial charge on any atom is 0.306 e. The topological polar surface area (TPSA) is 103 Å². The van der Waals surface area contributed by atoms with E-state index in [1.54, 1.807) is 37.3 Å². The number of amides is 2. The molecule has 0 unspecified atom stereocenters. The fourth-order valence-electron chi connectivity index (χ4n) is 3.37. The zero-order valence-corrected chi connectivity index (χ0v) is 17.6. The van der Waals surface area contributed by atoms with Crippen molar-refractivity contribution in [3.63, 3.8) is 0 Å². The first-order valence-corrected chi connectivity index (χ1v) is 10.0. The lowest BCUT2D eigenvalue weighted by Gasteiger charge is -2.13. The van der Waals surface area contributed by atoms with E-state index in [2.05, 4.69) is 10.1 Å². The van der Waals surface area contributed by atoms with Crippen molar-refractivity contribution >= 4 is 17.8 Å². The van der Waals surface area contributed by atoms with Gasteiger partial charge in [-0.25, -0.2) is 4.39 Å². The maximum absolute atomic E-state index is 13.7. The summed E-state index contributed by atoms with van der Waals surface area (Å²) in [7, 11) is 0. The van der Waals surface area contributed by atoms with Gasteiger partial charge in [0, 0.05) is 18.5 Å². The number of esters is 1. The van der Waals surface area contributed by atoms with E-state index >= 15 is 0 Å². The summed E-state index contributed by atoms with van der Waals surface area (Å²) in [5, 5.41) is 3.77. The first kappa shape index (κ1) is 21.4. The van der Waals surface area contributed by atoms with Crippen LogP contribution in [0, 0.1) is 19.7 Å². The van der Waals surface area contributed by atoms with Crippen molar-refractivity contribution in [1.29, 1.82) is 0 Å². The third-order valence-corrected chi connectivity index (χ3v) is 5.14. The minimum absolute atomic E-state index is 0.0105. The maximum atomic E-state index is 13.7. The smallest absolute Gasteiger partial charge is 0.306 e. The number of halogens is 1. The number of fused-ring (bicyclic) bond motifs is 1. The van der Waals surface area contributed by atoms with Crippen LogP contribution in [0.25, 0.3) is 11.4 Å². The Labute approximate surface area is 183 Å². The van der Waals surface area contributed by atoms with E-state index in [0.29, 0.717) is 22.3 Å². The number of imide groups is 1. The number of carbonyl (C=O) groups excluding carboxylic acids is 3. The molecule has 3 aromatic rings. The summed E-state index contributed by atoms with van der Waals surface area (Å²) in [6.45, 7) is 3.38. The Morgan fingerprint density at radius 2 is 1.88 bits per heavy atom. The Bertz CT molecular complexity index is 1220. The van der Waals surface area contributed by atoms with Gasteiger partial charge in [0.05, 0.1) is 11.1 Å². The average molecular weight is 437 g/mol. The second kappa shape index (κ2) is 8.70. The predicted molar refractivity (Wildman–Crippen MR) is 110 cm³/mol. The van der Waals surface area contributed by atoms with E-state index in [1.807, 2.05) is 6.92 Å². The molecule has 2 aromatic carbocycles. The van der Waals surface area contributed by atoms with Gasteiger partial charge >= 0.3 is 5.97 Å². The highest BCUT2D eigenvalue weighted by Crippen LogP contribution is 2.24. The van der Waals surface area contributed by atoms with Crippen molar-refractivity contribution in [3.05, 3.63) is 70.4 Å². The number of carbonyl (C=O) groups is 3. The largest absolute Gasteiger partial charge is 0.456 e. The molecule has 0 spiro atoms. The summed E-state index contributed by atoms with van der Waals surface area (Å²) >= 11 is 0. The molecule has 164 valence electrons. The van der Waals surface area contributed by atoms with Gasteiger partial charge in [0.25, 0.3) is 17.7 Å². The Morgan fingerprint density at radius 3 is 2.66 bits per heavy atom. The number of aromatic nitrogens is 2. The highest BCUT2D eigenvalue weighted by Gasteiger charge is 2.35. The zero-order valence-electron chi connectivity index (χ0n) is 17.6. The Hall–Kier alpha value is -3.88. The van der Waals surface area contributed by atoms with Gasteiger partial charge in [-0.05, 0) is 44.0 Å². The molecule has 0 N–H and O–H groups in total. The molecule has 4 rings (SSSR count). The molecule has 0 atom stereocenters. The number of benzene rings is 2. The minimum Gasteiger partial charge on any atom is -0.456 e. The SMILES string of the molecule is Cc1ccc2c(c1)C(=O)N(CCCC(=O)OCc1nc(-c3ccc(C)c(F)c3)no1)C2=O. The molecule has 8 nitrogen and oxygen atoms in total. The quantitative estimate of drug-likeness (QED) is 0.411. The van der Waals surface area contributed by atoms with Crippen molar-refractivity contribution in [1.82, 2.24) is 15.0 Å². The molecule has 0 radical (unpaired) electrons. The summed E-state index contributed by atoms with van der Waals surface area (Å²) < 4.78 is 23.9. The predicted octanol–water partition coefficient (Wildman–Crippen LogP) is 3.61. The Morgan fingerprint density at radius 1 is 1.09 bits per heavy atom. The van der Waals surface area contributed by atoms with Crippen LogP contribution < -0.4 is 0 Å². The number of nitrogens with zero attached hydrogens (tertiary/aromatic N) is 3. The summed E-state index contributed by atoms with van der Waals surface area (Å²) in [4.78, 5) is 42.1. The van der Waals surface area contributed by atoms with Crippen molar-refractivity contribution in [2.75, 3.05) is 6.54 Å². The van der Waals surface area contributed by atoms with Gasteiger partial charge in [0.2, 0.25) is 5.82 Å². The van der Waals surface area contributed by atoms with Crippen LogP contribution in [-0.4, -0.2) is 39.4 Å². The number of ether oxygens (including phenoxy) is 1.